The third-order valence-electron chi connectivity index (χ3n) is 2.79. The number of nitrogens with two attached hydrogens (primary N) is 1. The van der Waals surface area contributed by atoms with Gasteiger partial charge < -0.3 is 5.73 Å². The monoisotopic (exact) mass is 279 g/mol. The van der Waals surface area contributed by atoms with Gasteiger partial charge in [-0.05, 0) is 18.2 Å². The van der Waals surface area contributed by atoms with E-state index in [-0.39, 0.29) is 16.7 Å². The largest absolute Gasteiger partial charge is 0.369 e. The Hall–Kier alpha value is -2.14. The molecule has 3 rings (SSSR count). The van der Waals surface area contributed by atoms with E-state index >= 15 is 0 Å². The normalized spacial score (nSPS) is 11.1. The van der Waals surface area contributed by atoms with Gasteiger partial charge in [0.1, 0.15) is 11.5 Å². The van der Waals surface area contributed by atoms with E-state index in [1.54, 1.807) is 24.3 Å². The van der Waals surface area contributed by atoms with Gasteiger partial charge in [-0.2, -0.15) is 0 Å². The van der Waals surface area contributed by atoms with Crippen LogP contribution in [0.5, 0.6) is 0 Å². The summed E-state index contributed by atoms with van der Waals surface area (Å²) in [6.07, 6.45) is 0. The van der Waals surface area contributed by atoms with Crippen LogP contribution in [0, 0.1) is 11.6 Å². The highest BCUT2D eigenvalue weighted by atomic mass is 35.5. The van der Waals surface area contributed by atoms with E-state index in [1.165, 1.54) is 4.57 Å². The zero-order valence-corrected chi connectivity index (χ0v) is 10.3. The predicted molar refractivity (Wildman–Crippen MR) is 70.4 cm³/mol. The second kappa shape index (κ2) is 4.20. The average Bonchev–Trinajstić information content (AvgIpc) is 2.65. The zero-order valence-electron chi connectivity index (χ0n) is 9.57. The molecule has 6 heteroatoms. The topological polar surface area (TPSA) is 43.8 Å². The van der Waals surface area contributed by atoms with Gasteiger partial charge in [-0.15, -0.1) is 0 Å². The second-order valence-corrected chi connectivity index (χ2v) is 4.42. The van der Waals surface area contributed by atoms with Gasteiger partial charge in [-0.1, -0.05) is 23.7 Å². The summed E-state index contributed by atoms with van der Waals surface area (Å²) in [4.78, 5) is 4.12. The maximum absolute atomic E-state index is 14.0. The molecule has 0 radical (unpaired) electrons. The van der Waals surface area contributed by atoms with E-state index < -0.39 is 11.6 Å². The lowest BCUT2D eigenvalue weighted by Gasteiger charge is -2.10. The standard InChI is InChI=1S/C13H8ClF2N3/c14-8-5-7(15)6-9(16)12(8)19-11-4-2-1-3-10(11)18-13(19)17/h1-6H,(H2,17,18). The predicted octanol–water partition coefficient (Wildman–Crippen LogP) is 3.54. The first-order valence-corrected chi connectivity index (χ1v) is 5.83. The summed E-state index contributed by atoms with van der Waals surface area (Å²) < 4.78 is 28.4. The number of nitrogens with zero attached hydrogens (tertiary/aromatic N) is 2. The minimum absolute atomic E-state index is 0.00531. The number of para-hydroxylation sites is 2. The molecule has 2 aromatic carbocycles. The summed E-state index contributed by atoms with van der Waals surface area (Å²) in [5, 5.41) is -0.0626. The van der Waals surface area contributed by atoms with Gasteiger partial charge >= 0.3 is 0 Å². The lowest BCUT2D eigenvalue weighted by atomic mass is 10.2. The minimum Gasteiger partial charge on any atom is -0.369 e. The Kier molecular flexibility index (Phi) is 2.64. The van der Waals surface area contributed by atoms with E-state index in [1.807, 2.05) is 0 Å². The Labute approximate surface area is 112 Å². The van der Waals surface area contributed by atoms with Gasteiger partial charge in [-0.3, -0.25) is 4.57 Å². The molecule has 19 heavy (non-hydrogen) atoms. The molecular formula is C13H8ClF2N3. The van der Waals surface area contributed by atoms with Crippen LogP contribution in [0.2, 0.25) is 5.02 Å². The zero-order chi connectivity index (χ0) is 13.6. The maximum Gasteiger partial charge on any atom is 0.206 e. The molecule has 0 unspecified atom stereocenters. The van der Waals surface area contributed by atoms with Crippen LogP contribution in [0.3, 0.4) is 0 Å². The molecule has 0 aliphatic carbocycles. The van der Waals surface area contributed by atoms with Gasteiger partial charge in [0.05, 0.1) is 16.1 Å². The Morgan fingerprint density at radius 1 is 1.16 bits per heavy atom. The number of halogens is 3. The van der Waals surface area contributed by atoms with Crippen molar-refractivity contribution >= 4 is 28.6 Å². The Morgan fingerprint density at radius 3 is 2.63 bits per heavy atom. The molecular weight excluding hydrogens is 272 g/mol. The molecule has 3 nitrogen and oxygen atoms in total. The first-order chi connectivity index (χ1) is 9.08. The molecule has 0 amide bonds. The van der Waals surface area contributed by atoms with Crippen molar-refractivity contribution in [3.63, 3.8) is 0 Å². The smallest absolute Gasteiger partial charge is 0.206 e. The van der Waals surface area contributed by atoms with E-state index in [0.717, 1.165) is 12.1 Å². The van der Waals surface area contributed by atoms with Crippen molar-refractivity contribution in [1.82, 2.24) is 9.55 Å². The van der Waals surface area contributed by atoms with Crippen LogP contribution >= 0.6 is 11.6 Å². The van der Waals surface area contributed by atoms with Crippen molar-refractivity contribution in [2.45, 2.75) is 0 Å². The molecule has 0 atom stereocenters. The fourth-order valence-electron chi connectivity index (χ4n) is 2.03. The molecule has 0 fully saturated rings. The molecule has 3 aromatic rings. The fraction of sp³-hybridized carbons (Fsp3) is 0. The van der Waals surface area contributed by atoms with Crippen LogP contribution in [0.4, 0.5) is 14.7 Å². The van der Waals surface area contributed by atoms with Gasteiger partial charge in [0, 0.05) is 6.07 Å². The summed E-state index contributed by atoms with van der Waals surface area (Å²) in [5.74, 6) is -1.44. The Bertz CT molecular complexity index is 760. The lowest BCUT2D eigenvalue weighted by molar-refractivity contribution is 0.579. The maximum atomic E-state index is 14.0. The molecule has 0 saturated carbocycles. The highest BCUT2D eigenvalue weighted by Crippen LogP contribution is 2.30. The van der Waals surface area contributed by atoms with Crippen LogP contribution in [0.15, 0.2) is 36.4 Å². The number of benzene rings is 2. The summed E-state index contributed by atoms with van der Waals surface area (Å²) in [5.41, 5.74) is 7.00. The van der Waals surface area contributed by atoms with Crippen LogP contribution < -0.4 is 5.73 Å². The van der Waals surface area contributed by atoms with Crippen molar-refractivity contribution in [2.24, 2.45) is 0 Å². The van der Waals surface area contributed by atoms with Crippen LogP contribution in [0.25, 0.3) is 16.7 Å². The van der Waals surface area contributed by atoms with Crippen LogP contribution in [-0.2, 0) is 0 Å². The van der Waals surface area contributed by atoms with Gasteiger partial charge in [-0.25, -0.2) is 13.8 Å². The van der Waals surface area contributed by atoms with Gasteiger partial charge in [0.25, 0.3) is 0 Å². The number of nitrogen functional groups attached to an aromatic ring is 1. The molecule has 2 N–H and O–H groups in total. The van der Waals surface area contributed by atoms with Crippen molar-refractivity contribution in [2.75, 3.05) is 5.73 Å². The third kappa shape index (κ3) is 1.82. The molecule has 1 aromatic heterocycles. The molecule has 0 spiro atoms. The number of aromatic nitrogens is 2. The van der Waals surface area contributed by atoms with E-state index in [4.69, 9.17) is 17.3 Å². The van der Waals surface area contributed by atoms with Crippen molar-refractivity contribution in [1.29, 1.82) is 0 Å². The number of imidazole rings is 1. The van der Waals surface area contributed by atoms with Gasteiger partial charge in [0.2, 0.25) is 5.95 Å². The minimum atomic E-state index is -0.792. The number of hydrogen-bond donors (Lipinski definition) is 1. The summed E-state index contributed by atoms with van der Waals surface area (Å²) in [6.45, 7) is 0. The van der Waals surface area contributed by atoms with E-state index in [2.05, 4.69) is 4.98 Å². The van der Waals surface area contributed by atoms with Crippen molar-refractivity contribution in [3.05, 3.63) is 53.1 Å². The first-order valence-electron chi connectivity index (χ1n) is 5.46. The highest BCUT2D eigenvalue weighted by Gasteiger charge is 2.17. The Balaban J connectivity index is 2.40. The molecule has 0 aliphatic rings. The first kappa shape index (κ1) is 11.9. The quantitative estimate of drug-likeness (QED) is 0.740. The highest BCUT2D eigenvalue weighted by molar-refractivity contribution is 6.32. The average molecular weight is 280 g/mol. The molecule has 0 saturated heterocycles. The van der Waals surface area contributed by atoms with Crippen LogP contribution in [-0.4, -0.2) is 9.55 Å². The fourth-order valence-corrected chi connectivity index (χ4v) is 2.31. The number of rotatable bonds is 1. The molecule has 0 aliphatic heterocycles. The summed E-state index contributed by atoms with van der Waals surface area (Å²) in [6, 6.07) is 8.84. The Morgan fingerprint density at radius 2 is 1.89 bits per heavy atom. The van der Waals surface area contributed by atoms with E-state index in [9.17, 15) is 8.78 Å². The molecule has 96 valence electrons. The number of fused-ring (bicyclic) bond motifs is 1. The second-order valence-electron chi connectivity index (χ2n) is 4.01. The summed E-state index contributed by atoms with van der Waals surface area (Å²) >= 11 is 5.91. The number of anilines is 1. The number of hydrogen-bond acceptors (Lipinski definition) is 2. The lowest BCUT2D eigenvalue weighted by Crippen LogP contribution is -2.04. The molecule has 0 bridgehead atoms. The van der Waals surface area contributed by atoms with Crippen LogP contribution in [0.1, 0.15) is 0 Å². The third-order valence-corrected chi connectivity index (χ3v) is 3.08. The van der Waals surface area contributed by atoms with Crippen molar-refractivity contribution in [3.8, 4) is 5.69 Å². The molecule has 1 heterocycles. The SMILES string of the molecule is Nc1nc2ccccc2n1-c1c(F)cc(F)cc1Cl. The van der Waals surface area contributed by atoms with E-state index in [0.29, 0.717) is 11.0 Å². The van der Waals surface area contributed by atoms with Crippen molar-refractivity contribution < 1.29 is 8.78 Å². The van der Waals surface area contributed by atoms with Gasteiger partial charge in [0.15, 0.2) is 5.82 Å². The summed E-state index contributed by atoms with van der Waals surface area (Å²) in [7, 11) is 0.